The Bertz CT molecular complexity index is 446. The van der Waals surface area contributed by atoms with E-state index < -0.39 is 0 Å². The Balaban J connectivity index is 2.15. The number of benzene rings is 1. The molecule has 1 aromatic carbocycles. The quantitative estimate of drug-likeness (QED) is 0.905. The van der Waals surface area contributed by atoms with Crippen molar-refractivity contribution in [1.29, 1.82) is 0 Å². The molecule has 2 unspecified atom stereocenters. The summed E-state index contributed by atoms with van der Waals surface area (Å²) in [7, 11) is 0. The van der Waals surface area contributed by atoms with Crippen molar-refractivity contribution in [2.24, 2.45) is 5.92 Å². The first-order valence-electron chi connectivity index (χ1n) is 7.67. The van der Waals surface area contributed by atoms with E-state index in [4.69, 9.17) is 11.6 Å². The van der Waals surface area contributed by atoms with Crippen LogP contribution >= 0.6 is 11.6 Å². The molecular weight excluding hydrogens is 268 g/mol. The molecule has 3 heteroatoms. The zero-order valence-electron chi connectivity index (χ0n) is 13.1. The van der Waals surface area contributed by atoms with Gasteiger partial charge in [0.05, 0.1) is 0 Å². The van der Waals surface area contributed by atoms with Crippen molar-refractivity contribution in [3.63, 3.8) is 0 Å². The first-order valence-corrected chi connectivity index (χ1v) is 8.05. The highest BCUT2D eigenvalue weighted by Gasteiger charge is 2.36. The van der Waals surface area contributed by atoms with Crippen molar-refractivity contribution in [3.8, 4) is 0 Å². The summed E-state index contributed by atoms with van der Waals surface area (Å²) in [6.45, 7) is 12.4. The van der Waals surface area contributed by atoms with Crippen molar-refractivity contribution < 1.29 is 0 Å². The van der Waals surface area contributed by atoms with Crippen molar-refractivity contribution in [3.05, 3.63) is 34.9 Å². The number of halogens is 1. The van der Waals surface area contributed by atoms with E-state index in [1.807, 2.05) is 12.1 Å². The van der Waals surface area contributed by atoms with Crippen LogP contribution in [0.1, 0.15) is 39.7 Å². The van der Waals surface area contributed by atoms with Gasteiger partial charge in [0.2, 0.25) is 0 Å². The molecule has 2 rings (SSSR count). The fourth-order valence-electron chi connectivity index (χ4n) is 2.89. The Morgan fingerprint density at radius 2 is 2.20 bits per heavy atom. The lowest BCUT2D eigenvalue weighted by atomic mass is 9.89. The molecule has 1 aliphatic heterocycles. The van der Waals surface area contributed by atoms with E-state index in [2.05, 4.69) is 50.0 Å². The Kier molecular flexibility index (Phi) is 5.11. The second-order valence-corrected chi connectivity index (χ2v) is 7.03. The highest BCUT2D eigenvalue weighted by molar-refractivity contribution is 6.30. The molecule has 0 radical (unpaired) electrons. The summed E-state index contributed by atoms with van der Waals surface area (Å²) in [4.78, 5) is 2.62. The van der Waals surface area contributed by atoms with E-state index in [0.29, 0.717) is 12.0 Å². The third kappa shape index (κ3) is 3.55. The van der Waals surface area contributed by atoms with Gasteiger partial charge in [-0.2, -0.15) is 0 Å². The molecule has 2 nitrogen and oxygen atoms in total. The lowest BCUT2D eigenvalue weighted by Crippen LogP contribution is -2.63. The van der Waals surface area contributed by atoms with Crippen LogP contribution in [-0.2, 0) is 6.54 Å². The minimum absolute atomic E-state index is 0.230. The Morgan fingerprint density at radius 1 is 1.45 bits per heavy atom. The molecule has 1 fully saturated rings. The molecule has 1 heterocycles. The van der Waals surface area contributed by atoms with Crippen LogP contribution in [0.2, 0.25) is 5.02 Å². The van der Waals surface area contributed by atoms with Gasteiger partial charge in [0, 0.05) is 36.2 Å². The highest BCUT2D eigenvalue weighted by Crippen LogP contribution is 2.27. The van der Waals surface area contributed by atoms with Gasteiger partial charge in [-0.05, 0) is 37.0 Å². The van der Waals surface area contributed by atoms with Gasteiger partial charge in [-0.3, -0.25) is 4.90 Å². The predicted molar refractivity (Wildman–Crippen MR) is 87.2 cm³/mol. The fourth-order valence-corrected chi connectivity index (χ4v) is 3.10. The second kappa shape index (κ2) is 6.46. The minimum atomic E-state index is 0.230. The van der Waals surface area contributed by atoms with Crippen molar-refractivity contribution in [1.82, 2.24) is 10.2 Å². The first-order chi connectivity index (χ1) is 9.44. The summed E-state index contributed by atoms with van der Waals surface area (Å²) in [5, 5.41) is 4.55. The zero-order chi connectivity index (χ0) is 14.8. The van der Waals surface area contributed by atoms with Crippen LogP contribution in [0.25, 0.3) is 0 Å². The standard InChI is InChI=1S/C17H27ClN2/c1-5-17(4)12-19-16(13(2)3)11-20(17)10-14-7-6-8-15(18)9-14/h6-9,13,16,19H,5,10-12H2,1-4H3. The third-order valence-electron chi connectivity index (χ3n) is 4.75. The maximum atomic E-state index is 6.12. The Labute approximate surface area is 128 Å². The topological polar surface area (TPSA) is 15.3 Å². The largest absolute Gasteiger partial charge is 0.311 e. The molecular formula is C17H27ClN2. The van der Waals surface area contributed by atoms with Gasteiger partial charge in [-0.15, -0.1) is 0 Å². The summed E-state index contributed by atoms with van der Waals surface area (Å²) in [5.74, 6) is 0.665. The summed E-state index contributed by atoms with van der Waals surface area (Å²) in [6, 6.07) is 8.83. The van der Waals surface area contributed by atoms with Crippen molar-refractivity contribution in [2.75, 3.05) is 13.1 Å². The van der Waals surface area contributed by atoms with E-state index in [1.165, 1.54) is 5.56 Å². The molecule has 0 spiro atoms. The summed E-state index contributed by atoms with van der Waals surface area (Å²) in [6.07, 6.45) is 1.16. The molecule has 20 heavy (non-hydrogen) atoms. The number of piperazine rings is 1. The predicted octanol–water partition coefficient (Wildman–Crippen LogP) is 3.94. The molecule has 1 aromatic rings. The number of nitrogens with zero attached hydrogens (tertiary/aromatic N) is 1. The molecule has 1 aliphatic rings. The first kappa shape index (κ1) is 15.8. The normalized spacial score (nSPS) is 28.0. The molecule has 0 aliphatic carbocycles. The van der Waals surface area contributed by atoms with E-state index >= 15 is 0 Å². The SMILES string of the molecule is CCC1(C)CNC(C(C)C)CN1Cc1cccc(Cl)c1. The van der Waals surface area contributed by atoms with Crippen LogP contribution in [0.15, 0.2) is 24.3 Å². The highest BCUT2D eigenvalue weighted by atomic mass is 35.5. The minimum Gasteiger partial charge on any atom is -0.311 e. The van der Waals surface area contributed by atoms with E-state index in [0.717, 1.165) is 31.1 Å². The molecule has 112 valence electrons. The van der Waals surface area contributed by atoms with Gasteiger partial charge < -0.3 is 5.32 Å². The van der Waals surface area contributed by atoms with Crippen molar-refractivity contribution >= 4 is 11.6 Å². The van der Waals surface area contributed by atoms with Crippen LogP contribution in [0.5, 0.6) is 0 Å². The van der Waals surface area contributed by atoms with Gasteiger partial charge in [0.15, 0.2) is 0 Å². The zero-order valence-corrected chi connectivity index (χ0v) is 13.9. The maximum absolute atomic E-state index is 6.12. The smallest absolute Gasteiger partial charge is 0.0409 e. The lowest BCUT2D eigenvalue weighted by Gasteiger charge is -2.49. The summed E-state index contributed by atoms with van der Waals surface area (Å²) < 4.78 is 0. The average Bonchev–Trinajstić information content (AvgIpc) is 2.41. The number of rotatable bonds is 4. The summed E-state index contributed by atoms with van der Waals surface area (Å²) in [5.41, 5.74) is 1.54. The molecule has 0 aromatic heterocycles. The van der Waals surface area contributed by atoms with Gasteiger partial charge in [0.1, 0.15) is 0 Å². The maximum Gasteiger partial charge on any atom is 0.0409 e. The monoisotopic (exact) mass is 294 g/mol. The molecule has 0 bridgehead atoms. The van der Waals surface area contributed by atoms with Crippen LogP contribution in [0, 0.1) is 5.92 Å². The van der Waals surface area contributed by atoms with E-state index in [9.17, 15) is 0 Å². The van der Waals surface area contributed by atoms with Crippen LogP contribution in [0.3, 0.4) is 0 Å². The van der Waals surface area contributed by atoms with E-state index in [1.54, 1.807) is 0 Å². The van der Waals surface area contributed by atoms with Crippen molar-refractivity contribution in [2.45, 2.75) is 52.2 Å². The van der Waals surface area contributed by atoms with Crippen LogP contribution in [0.4, 0.5) is 0 Å². The molecule has 1 N–H and O–H groups in total. The van der Waals surface area contributed by atoms with Gasteiger partial charge >= 0.3 is 0 Å². The van der Waals surface area contributed by atoms with Crippen LogP contribution < -0.4 is 5.32 Å². The Hall–Kier alpha value is -0.570. The average molecular weight is 295 g/mol. The van der Waals surface area contributed by atoms with Crippen LogP contribution in [-0.4, -0.2) is 29.6 Å². The fraction of sp³-hybridized carbons (Fsp3) is 0.647. The lowest BCUT2D eigenvalue weighted by molar-refractivity contribution is 0.0317. The Morgan fingerprint density at radius 3 is 2.80 bits per heavy atom. The number of nitrogens with one attached hydrogen (secondary N) is 1. The second-order valence-electron chi connectivity index (χ2n) is 6.59. The van der Waals surface area contributed by atoms with Gasteiger partial charge in [-0.25, -0.2) is 0 Å². The number of hydrogen-bond donors (Lipinski definition) is 1. The van der Waals surface area contributed by atoms with E-state index in [-0.39, 0.29) is 5.54 Å². The molecule has 1 saturated heterocycles. The molecule has 2 atom stereocenters. The third-order valence-corrected chi connectivity index (χ3v) is 4.99. The summed E-state index contributed by atoms with van der Waals surface area (Å²) >= 11 is 6.12. The molecule has 0 amide bonds. The van der Waals surface area contributed by atoms with Gasteiger partial charge in [-0.1, -0.05) is 44.5 Å². The number of hydrogen-bond acceptors (Lipinski definition) is 2. The molecule has 0 saturated carbocycles. The van der Waals surface area contributed by atoms with Gasteiger partial charge in [0.25, 0.3) is 0 Å².